The van der Waals surface area contributed by atoms with E-state index in [2.05, 4.69) is 400 Å². The van der Waals surface area contributed by atoms with E-state index in [4.69, 9.17) is 24.9 Å². The topological polar surface area (TPSA) is 84.2 Å². The highest BCUT2D eigenvalue weighted by atomic mass is 15.0. The largest absolute Gasteiger partial charge is 0.309 e. The lowest BCUT2D eigenvalue weighted by Gasteiger charge is -2.12. The lowest BCUT2D eigenvalue weighted by Crippen LogP contribution is -2.00. The summed E-state index contributed by atoms with van der Waals surface area (Å²) in [5, 5.41) is 14.5. The second kappa shape index (κ2) is 28.9. The maximum Gasteiger partial charge on any atom is 0.164 e. The van der Waals surface area contributed by atoms with E-state index in [-0.39, 0.29) is 0 Å². The van der Waals surface area contributed by atoms with Crippen LogP contribution in [-0.4, -0.2) is 43.2 Å². The Balaban J connectivity index is 0.000000140. The Labute approximate surface area is 691 Å². The van der Waals surface area contributed by atoms with Gasteiger partial charge in [0.05, 0.1) is 55.5 Å². The standard InChI is InChI=1S/C56H36N4.C55H35N5/c1-4-14-37(15-5-1)38-24-27-41(28-25-38)49-36-48(40-16-6-2-7-17-40)57-56(58-49)42-29-26-39-30-31-45(35-43(39)34-42)60-51-23-13-11-21-47(51)55-53(60)33-32-52-54(55)46-20-10-12-22-50(46)59(52)44-18-8-3-9-19-44;1-4-14-36(15-5-1)37-24-27-40(28-25-37)54-56-53(39-16-6-2-7-17-39)57-55(58-54)41-29-26-38-30-31-44(35-42(38)34-41)60-48-23-13-11-21-46(48)52-50(60)33-32-49-51(52)45-20-10-12-22-47(45)59(49)43-18-8-3-9-19-43/h1-36H;1-35H. The average Bonchev–Trinajstić information content (AvgIpc) is 1.55. The van der Waals surface area contributed by atoms with Crippen LogP contribution in [0.1, 0.15) is 0 Å². The van der Waals surface area contributed by atoms with Gasteiger partial charge in [-0.25, -0.2) is 24.9 Å². The molecular weight excluding hydrogens is 1460 g/mol. The van der Waals surface area contributed by atoms with Gasteiger partial charge in [-0.15, -0.1) is 0 Å². The first kappa shape index (κ1) is 69.3. The molecule has 0 spiro atoms. The van der Waals surface area contributed by atoms with Crippen molar-refractivity contribution in [2.45, 2.75) is 0 Å². The van der Waals surface area contributed by atoms with E-state index in [0.717, 1.165) is 94.6 Å². The maximum absolute atomic E-state index is 5.22. The van der Waals surface area contributed by atoms with Crippen LogP contribution in [0, 0.1) is 0 Å². The molecule has 9 heteroatoms. The van der Waals surface area contributed by atoms with E-state index in [1.54, 1.807) is 0 Å². The van der Waals surface area contributed by atoms with Crippen LogP contribution < -0.4 is 0 Å². The molecule has 0 aliphatic carbocycles. The summed E-state index contributed by atoms with van der Waals surface area (Å²) in [4.78, 5) is 25.6. The molecule has 0 aliphatic rings. The van der Waals surface area contributed by atoms with Crippen LogP contribution in [0.25, 0.3) is 222 Å². The summed E-state index contributed by atoms with van der Waals surface area (Å²) in [5.74, 6) is 2.60. The molecule has 0 saturated heterocycles. The minimum Gasteiger partial charge on any atom is -0.309 e. The third-order valence-electron chi connectivity index (χ3n) is 23.7. The van der Waals surface area contributed by atoms with Gasteiger partial charge in [0.2, 0.25) is 0 Å². The van der Waals surface area contributed by atoms with Crippen molar-refractivity contribution >= 4 is 109 Å². The van der Waals surface area contributed by atoms with Crippen molar-refractivity contribution in [1.82, 2.24) is 43.2 Å². The molecule has 24 aromatic rings. The summed E-state index contributed by atoms with van der Waals surface area (Å²) in [5.41, 5.74) is 26.3. The van der Waals surface area contributed by atoms with E-state index in [9.17, 15) is 0 Å². The van der Waals surface area contributed by atoms with Gasteiger partial charge in [-0.3, -0.25) is 0 Å². The molecule has 9 nitrogen and oxygen atoms in total. The summed E-state index contributed by atoms with van der Waals surface area (Å²) in [6, 6.07) is 153. The molecular formula is C111H71N9. The third-order valence-corrected chi connectivity index (χ3v) is 23.7. The molecule has 18 aromatic carbocycles. The molecule has 6 heterocycles. The van der Waals surface area contributed by atoms with Gasteiger partial charge in [0.1, 0.15) is 0 Å². The van der Waals surface area contributed by atoms with E-state index in [1.807, 2.05) is 48.5 Å². The van der Waals surface area contributed by atoms with Gasteiger partial charge in [0.25, 0.3) is 0 Å². The first-order valence-corrected chi connectivity index (χ1v) is 40.7. The number of hydrogen-bond donors (Lipinski definition) is 0. The Morgan fingerprint density at radius 2 is 0.392 bits per heavy atom. The highest BCUT2D eigenvalue weighted by molar-refractivity contribution is 6.30. The predicted octanol–water partition coefficient (Wildman–Crippen LogP) is 28.4. The molecule has 0 unspecified atom stereocenters. The van der Waals surface area contributed by atoms with Crippen LogP contribution in [0.5, 0.6) is 0 Å². The summed E-state index contributed by atoms with van der Waals surface area (Å²) >= 11 is 0. The van der Waals surface area contributed by atoms with Gasteiger partial charge in [0, 0.05) is 99.2 Å². The summed E-state index contributed by atoms with van der Waals surface area (Å²) in [7, 11) is 0. The molecule has 0 fully saturated rings. The van der Waals surface area contributed by atoms with Gasteiger partial charge in [0.15, 0.2) is 23.3 Å². The molecule has 6 aromatic heterocycles. The molecule has 0 saturated carbocycles. The van der Waals surface area contributed by atoms with Crippen molar-refractivity contribution < 1.29 is 0 Å². The van der Waals surface area contributed by atoms with Crippen molar-refractivity contribution in [3.05, 3.63) is 431 Å². The fraction of sp³-hybridized carbons (Fsp3) is 0. The zero-order valence-electron chi connectivity index (χ0n) is 65.0. The highest BCUT2D eigenvalue weighted by Gasteiger charge is 2.25. The Morgan fingerprint density at radius 1 is 0.142 bits per heavy atom. The van der Waals surface area contributed by atoms with Gasteiger partial charge >= 0.3 is 0 Å². The van der Waals surface area contributed by atoms with Crippen LogP contribution in [0.4, 0.5) is 0 Å². The van der Waals surface area contributed by atoms with Crippen LogP contribution in [0.2, 0.25) is 0 Å². The molecule has 0 amide bonds. The quantitative estimate of drug-likeness (QED) is 0.122. The third kappa shape index (κ3) is 12.0. The zero-order chi connectivity index (χ0) is 79.1. The number of benzene rings is 18. The van der Waals surface area contributed by atoms with Crippen LogP contribution in [0.15, 0.2) is 431 Å². The Morgan fingerprint density at radius 3 is 0.767 bits per heavy atom. The smallest absolute Gasteiger partial charge is 0.164 e. The van der Waals surface area contributed by atoms with E-state index >= 15 is 0 Å². The molecule has 24 rings (SSSR count). The second-order valence-corrected chi connectivity index (χ2v) is 30.7. The molecule has 0 aliphatic heterocycles. The minimum atomic E-state index is 0.632. The van der Waals surface area contributed by atoms with Crippen molar-refractivity contribution in [3.8, 4) is 113 Å². The molecule has 0 N–H and O–H groups in total. The lowest BCUT2D eigenvalue weighted by molar-refractivity contribution is 1.07. The summed E-state index contributed by atoms with van der Waals surface area (Å²) in [6.45, 7) is 0. The average molecular weight is 1530 g/mol. The van der Waals surface area contributed by atoms with Crippen molar-refractivity contribution in [3.63, 3.8) is 0 Å². The number of fused-ring (bicyclic) bond motifs is 16. The Kier molecular flexibility index (Phi) is 16.7. The van der Waals surface area contributed by atoms with E-state index in [0.29, 0.717) is 23.3 Å². The predicted molar refractivity (Wildman–Crippen MR) is 498 cm³/mol. The van der Waals surface area contributed by atoms with Crippen molar-refractivity contribution in [1.29, 1.82) is 0 Å². The SMILES string of the molecule is c1ccc(-c2ccc(-c3cc(-c4ccccc4)nc(-c4ccc5ccc(-n6c7ccccc7c7c8c9ccccc9n(-c9ccccc9)c8ccc76)cc5c4)n3)cc2)cc1.c1ccc(-c2ccc(-c3nc(-c4ccccc4)nc(-c4ccc5ccc(-n6c7ccccc7c7c8c9ccccc9n(-c9ccccc9)c8ccc76)cc5c4)n3)cc2)cc1. The number of para-hydroxylation sites is 6. The fourth-order valence-electron chi connectivity index (χ4n) is 18.1. The summed E-state index contributed by atoms with van der Waals surface area (Å²) < 4.78 is 9.63. The first-order chi connectivity index (χ1) is 59.5. The van der Waals surface area contributed by atoms with Crippen molar-refractivity contribution in [2.75, 3.05) is 0 Å². The van der Waals surface area contributed by atoms with Gasteiger partial charge < -0.3 is 18.3 Å². The molecule has 120 heavy (non-hydrogen) atoms. The lowest BCUT2D eigenvalue weighted by atomic mass is 10.0. The minimum absolute atomic E-state index is 0.632. The number of rotatable bonds is 12. The molecule has 0 bridgehead atoms. The molecule has 0 radical (unpaired) electrons. The molecule has 0 atom stereocenters. The zero-order valence-corrected chi connectivity index (χ0v) is 65.0. The highest BCUT2D eigenvalue weighted by Crippen LogP contribution is 2.46. The fourth-order valence-corrected chi connectivity index (χ4v) is 18.1. The number of aromatic nitrogens is 9. The van der Waals surface area contributed by atoms with Gasteiger partial charge in [-0.2, -0.15) is 0 Å². The van der Waals surface area contributed by atoms with Crippen LogP contribution in [-0.2, 0) is 0 Å². The van der Waals surface area contributed by atoms with E-state index in [1.165, 1.54) is 104 Å². The normalized spacial score (nSPS) is 11.7. The Bertz CT molecular complexity index is 7620. The second-order valence-electron chi connectivity index (χ2n) is 30.7. The first-order valence-electron chi connectivity index (χ1n) is 40.7. The monoisotopic (exact) mass is 1530 g/mol. The van der Waals surface area contributed by atoms with Gasteiger partial charge in [-0.1, -0.05) is 315 Å². The van der Waals surface area contributed by atoms with Crippen LogP contribution in [0.3, 0.4) is 0 Å². The Hall–Kier alpha value is -16.2. The number of nitrogens with zero attached hydrogens (tertiary/aromatic N) is 9. The number of hydrogen-bond acceptors (Lipinski definition) is 5. The summed E-state index contributed by atoms with van der Waals surface area (Å²) in [6.07, 6.45) is 0. The maximum atomic E-state index is 5.22. The van der Waals surface area contributed by atoms with Crippen molar-refractivity contribution in [2.24, 2.45) is 0 Å². The van der Waals surface area contributed by atoms with Gasteiger partial charge in [-0.05, 0) is 159 Å². The van der Waals surface area contributed by atoms with Crippen LogP contribution >= 0.6 is 0 Å². The van der Waals surface area contributed by atoms with E-state index < -0.39 is 0 Å². The molecule has 560 valence electrons.